The Morgan fingerprint density at radius 2 is 2.30 bits per heavy atom. The minimum absolute atomic E-state index is 0.0211. The quantitative estimate of drug-likeness (QED) is 0.925. The average molecular weight is 297 g/mol. The van der Waals surface area contributed by atoms with Crippen molar-refractivity contribution in [3.8, 4) is 0 Å². The highest BCUT2D eigenvalue weighted by molar-refractivity contribution is 6.30. The van der Waals surface area contributed by atoms with Gasteiger partial charge >= 0.3 is 0 Å². The molecule has 0 spiro atoms. The summed E-state index contributed by atoms with van der Waals surface area (Å²) in [4.78, 5) is 13.5. The first-order valence-electron chi connectivity index (χ1n) is 6.88. The summed E-state index contributed by atoms with van der Waals surface area (Å²) in [5.41, 5.74) is 6.55. The van der Waals surface area contributed by atoms with Crippen molar-refractivity contribution >= 4 is 17.5 Å². The predicted octanol–water partition coefficient (Wildman–Crippen LogP) is 2.02. The highest BCUT2D eigenvalue weighted by atomic mass is 35.5. The summed E-state index contributed by atoms with van der Waals surface area (Å²) in [7, 11) is 0. The molecule has 0 aromatic heterocycles. The second-order valence-corrected chi connectivity index (χ2v) is 5.95. The maximum absolute atomic E-state index is 11.3. The van der Waals surface area contributed by atoms with E-state index in [1.54, 1.807) is 0 Å². The van der Waals surface area contributed by atoms with Gasteiger partial charge in [-0.1, -0.05) is 30.7 Å². The van der Waals surface area contributed by atoms with Gasteiger partial charge in [-0.2, -0.15) is 0 Å². The van der Waals surface area contributed by atoms with Crippen molar-refractivity contribution in [1.29, 1.82) is 0 Å². The molecule has 2 unspecified atom stereocenters. The molecule has 1 saturated heterocycles. The van der Waals surface area contributed by atoms with Crippen LogP contribution in [0.1, 0.15) is 25.3 Å². The predicted molar refractivity (Wildman–Crippen MR) is 79.8 cm³/mol. The van der Waals surface area contributed by atoms with Crippen molar-refractivity contribution in [1.82, 2.24) is 4.90 Å². The molecule has 1 aliphatic rings. The largest absolute Gasteiger partial charge is 0.367 e. The number of halogens is 1. The summed E-state index contributed by atoms with van der Waals surface area (Å²) in [6.07, 6.45) is -0.488. The monoisotopic (exact) mass is 296 g/mol. The summed E-state index contributed by atoms with van der Waals surface area (Å²) >= 11 is 6.02. The fraction of sp³-hybridized carbons (Fsp3) is 0.533. The van der Waals surface area contributed by atoms with Crippen molar-refractivity contribution in [2.24, 2.45) is 5.73 Å². The SMILES string of the molecule is CC(CN1CC(C(N)=O)O[C@H](C)C1)c1cccc(Cl)c1. The van der Waals surface area contributed by atoms with Crippen molar-refractivity contribution in [2.75, 3.05) is 19.6 Å². The molecule has 0 bridgehead atoms. The van der Waals surface area contributed by atoms with Gasteiger partial charge in [0.25, 0.3) is 0 Å². The van der Waals surface area contributed by atoms with E-state index in [0.29, 0.717) is 12.5 Å². The summed E-state index contributed by atoms with van der Waals surface area (Å²) in [5, 5.41) is 0.750. The average Bonchev–Trinajstić information content (AvgIpc) is 2.37. The number of carbonyl (C=O) groups excluding carboxylic acids is 1. The molecule has 4 nitrogen and oxygen atoms in total. The molecule has 5 heteroatoms. The van der Waals surface area contributed by atoms with Crippen LogP contribution >= 0.6 is 11.6 Å². The number of primary amides is 1. The Hall–Kier alpha value is -1.10. The smallest absolute Gasteiger partial charge is 0.247 e. The number of morpholine rings is 1. The van der Waals surface area contributed by atoms with Crippen LogP contribution in [0.15, 0.2) is 24.3 Å². The summed E-state index contributed by atoms with van der Waals surface area (Å²) in [5.74, 6) is -0.0514. The molecule has 1 aromatic carbocycles. The van der Waals surface area contributed by atoms with Gasteiger partial charge in [0.15, 0.2) is 0 Å². The first-order valence-corrected chi connectivity index (χ1v) is 7.26. The van der Waals surface area contributed by atoms with Gasteiger partial charge in [0.2, 0.25) is 5.91 Å². The third-order valence-electron chi connectivity index (χ3n) is 3.60. The van der Waals surface area contributed by atoms with Crippen LogP contribution in [0.3, 0.4) is 0 Å². The molecule has 0 saturated carbocycles. The highest BCUT2D eigenvalue weighted by Gasteiger charge is 2.29. The van der Waals surface area contributed by atoms with Crippen molar-refractivity contribution in [2.45, 2.75) is 32.0 Å². The zero-order chi connectivity index (χ0) is 14.7. The number of nitrogens with two attached hydrogens (primary N) is 1. The lowest BCUT2D eigenvalue weighted by Gasteiger charge is -2.36. The van der Waals surface area contributed by atoms with Gasteiger partial charge in [0.1, 0.15) is 6.10 Å². The minimum atomic E-state index is -0.509. The van der Waals surface area contributed by atoms with Gasteiger partial charge in [-0.15, -0.1) is 0 Å². The molecule has 1 aliphatic heterocycles. The molecule has 1 aromatic rings. The first-order chi connectivity index (χ1) is 9.45. The van der Waals surface area contributed by atoms with E-state index >= 15 is 0 Å². The normalized spacial score (nSPS) is 25.4. The van der Waals surface area contributed by atoms with E-state index in [1.807, 2.05) is 25.1 Å². The second kappa shape index (κ2) is 6.57. The number of hydrogen-bond acceptors (Lipinski definition) is 3. The Balaban J connectivity index is 1.99. The van der Waals surface area contributed by atoms with E-state index in [-0.39, 0.29) is 6.10 Å². The van der Waals surface area contributed by atoms with Crippen LogP contribution in [-0.2, 0) is 9.53 Å². The van der Waals surface area contributed by atoms with E-state index in [9.17, 15) is 4.79 Å². The molecule has 3 atom stereocenters. The molecule has 1 fully saturated rings. The van der Waals surface area contributed by atoms with Crippen LogP contribution in [0.2, 0.25) is 5.02 Å². The van der Waals surface area contributed by atoms with Gasteiger partial charge in [0, 0.05) is 24.7 Å². The number of carbonyl (C=O) groups is 1. The lowest BCUT2D eigenvalue weighted by atomic mass is 10.00. The van der Waals surface area contributed by atoms with E-state index < -0.39 is 12.0 Å². The van der Waals surface area contributed by atoms with Gasteiger partial charge in [-0.3, -0.25) is 9.69 Å². The molecule has 1 heterocycles. The van der Waals surface area contributed by atoms with E-state index in [4.69, 9.17) is 22.1 Å². The van der Waals surface area contributed by atoms with E-state index in [0.717, 1.165) is 18.1 Å². The van der Waals surface area contributed by atoms with Crippen molar-refractivity contribution < 1.29 is 9.53 Å². The van der Waals surface area contributed by atoms with Crippen LogP contribution in [0, 0.1) is 0 Å². The molecule has 0 radical (unpaired) electrons. The number of amides is 1. The lowest BCUT2D eigenvalue weighted by Crippen LogP contribution is -2.52. The maximum atomic E-state index is 11.3. The third kappa shape index (κ3) is 3.95. The van der Waals surface area contributed by atoms with E-state index in [2.05, 4.69) is 17.9 Å². The maximum Gasteiger partial charge on any atom is 0.247 e. The highest BCUT2D eigenvalue weighted by Crippen LogP contribution is 2.22. The zero-order valence-electron chi connectivity index (χ0n) is 11.9. The van der Waals surface area contributed by atoms with Crippen LogP contribution < -0.4 is 5.73 Å². The van der Waals surface area contributed by atoms with Crippen LogP contribution in [0.5, 0.6) is 0 Å². The molecule has 110 valence electrons. The Labute approximate surface area is 124 Å². The number of ether oxygens (including phenoxy) is 1. The number of benzene rings is 1. The fourth-order valence-electron chi connectivity index (χ4n) is 2.65. The zero-order valence-corrected chi connectivity index (χ0v) is 12.6. The van der Waals surface area contributed by atoms with Gasteiger partial charge < -0.3 is 10.5 Å². The number of nitrogens with zero attached hydrogens (tertiary/aromatic N) is 1. The van der Waals surface area contributed by atoms with Gasteiger partial charge in [0.05, 0.1) is 6.10 Å². The summed E-state index contributed by atoms with van der Waals surface area (Å²) in [6.45, 7) is 6.36. The topological polar surface area (TPSA) is 55.6 Å². The molecule has 2 rings (SSSR count). The van der Waals surface area contributed by atoms with Gasteiger partial charge in [-0.25, -0.2) is 0 Å². The van der Waals surface area contributed by atoms with Crippen LogP contribution in [0.4, 0.5) is 0 Å². The molecular weight excluding hydrogens is 276 g/mol. The summed E-state index contributed by atoms with van der Waals surface area (Å²) < 4.78 is 5.55. The van der Waals surface area contributed by atoms with Gasteiger partial charge in [-0.05, 0) is 30.5 Å². The lowest BCUT2D eigenvalue weighted by molar-refractivity contribution is -0.142. The van der Waals surface area contributed by atoms with Crippen molar-refractivity contribution in [3.05, 3.63) is 34.9 Å². The Kier molecular flexibility index (Phi) is 5.02. The molecule has 1 amide bonds. The second-order valence-electron chi connectivity index (χ2n) is 5.51. The fourth-order valence-corrected chi connectivity index (χ4v) is 2.85. The minimum Gasteiger partial charge on any atom is -0.367 e. The Morgan fingerprint density at radius 3 is 2.95 bits per heavy atom. The van der Waals surface area contributed by atoms with E-state index in [1.165, 1.54) is 5.56 Å². The number of hydrogen-bond donors (Lipinski definition) is 1. The molecule has 0 aliphatic carbocycles. The molecule has 20 heavy (non-hydrogen) atoms. The molecular formula is C15H21ClN2O2. The van der Waals surface area contributed by atoms with Crippen LogP contribution in [0.25, 0.3) is 0 Å². The first kappa shape index (κ1) is 15.3. The number of rotatable bonds is 4. The van der Waals surface area contributed by atoms with Crippen LogP contribution in [-0.4, -0.2) is 42.6 Å². The molecule has 2 N–H and O–H groups in total. The van der Waals surface area contributed by atoms with Crippen molar-refractivity contribution in [3.63, 3.8) is 0 Å². The standard InChI is InChI=1S/C15H21ClN2O2/c1-10(12-4-3-5-13(16)6-12)7-18-8-11(2)20-14(9-18)15(17)19/h3-6,10-11,14H,7-9H2,1-2H3,(H2,17,19)/t10?,11-,14?/m1/s1. The third-order valence-corrected chi connectivity index (χ3v) is 3.84. The Bertz CT molecular complexity index is 481. The Morgan fingerprint density at radius 1 is 1.55 bits per heavy atom. The summed E-state index contributed by atoms with van der Waals surface area (Å²) in [6, 6.07) is 7.90.